The van der Waals surface area contributed by atoms with Crippen molar-refractivity contribution in [1.82, 2.24) is 9.88 Å². The number of alkyl halides is 3. The summed E-state index contributed by atoms with van der Waals surface area (Å²) in [5, 5.41) is 1.02. The minimum Gasteiger partial charge on any atom is -0.356 e. The van der Waals surface area contributed by atoms with Crippen LogP contribution in [-0.2, 0) is 0 Å². The Hall–Kier alpha value is -2.00. The topological polar surface area (TPSA) is 16.1 Å². The number of aromatic nitrogens is 1. The van der Waals surface area contributed by atoms with Crippen molar-refractivity contribution < 1.29 is 0 Å². The predicted octanol–water partition coefficient (Wildman–Crippen LogP) is 6.65. The van der Waals surface area contributed by atoms with Gasteiger partial charge in [0.1, 0.15) is 6.04 Å². The van der Waals surface area contributed by atoms with Gasteiger partial charge in [0.25, 0.3) is 0 Å². The molecule has 0 amide bonds. The zero-order chi connectivity index (χ0) is 19.0. The Bertz CT molecular complexity index is 1020. The van der Waals surface area contributed by atoms with Crippen LogP contribution in [0.1, 0.15) is 22.9 Å². The summed E-state index contributed by atoms with van der Waals surface area (Å²) >= 11 is 19.4. The predicted molar refractivity (Wildman–Crippen MR) is 116 cm³/mol. The van der Waals surface area contributed by atoms with Gasteiger partial charge in [0.15, 0.2) is 0 Å². The summed E-state index contributed by atoms with van der Waals surface area (Å²) in [6.45, 7) is 4.44. The van der Waals surface area contributed by atoms with E-state index in [9.17, 15) is 0 Å². The van der Waals surface area contributed by atoms with Gasteiger partial charge in [-0.3, -0.25) is 0 Å². The fourth-order valence-electron chi connectivity index (χ4n) is 3.56. The monoisotopic (exact) mass is 414 g/mol. The van der Waals surface area contributed by atoms with Crippen LogP contribution < -0.4 is 0 Å². The standard InChI is InChI=1S/C22H17Cl3N2/c1-2-12-27-20(15-8-4-3-5-9-15)14-19-17(21(27)22(23,24)25)13-16-10-6-7-11-18(16)26-19/h2-11,13-14,21H,1,12H2. The van der Waals surface area contributed by atoms with Crippen molar-refractivity contribution >= 4 is 57.5 Å². The lowest BCUT2D eigenvalue weighted by molar-refractivity contribution is 0.325. The third-order valence-corrected chi connectivity index (χ3v) is 5.30. The van der Waals surface area contributed by atoms with Gasteiger partial charge in [0.05, 0.1) is 11.2 Å². The Kier molecular flexibility index (Phi) is 4.90. The second kappa shape index (κ2) is 7.20. The fourth-order valence-corrected chi connectivity index (χ4v) is 4.26. The maximum Gasteiger partial charge on any atom is 0.214 e. The Morgan fingerprint density at radius 3 is 2.44 bits per heavy atom. The minimum absolute atomic E-state index is 0.479. The van der Waals surface area contributed by atoms with Crippen molar-refractivity contribution in [2.45, 2.75) is 9.83 Å². The highest BCUT2D eigenvalue weighted by molar-refractivity contribution is 6.68. The number of hydrogen-bond donors (Lipinski definition) is 0. The van der Waals surface area contributed by atoms with Gasteiger partial charge in [-0.2, -0.15) is 0 Å². The van der Waals surface area contributed by atoms with E-state index >= 15 is 0 Å². The molecule has 4 rings (SSSR count). The summed E-state index contributed by atoms with van der Waals surface area (Å²) < 4.78 is -1.53. The first kappa shape index (κ1) is 18.4. The smallest absolute Gasteiger partial charge is 0.214 e. The molecule has 2 nitrogen and oxygen atoms in total. The number of benzene rings is 2. The number of hydrogen-bond acceptors (Lipinski definition) is 2. The molecule has 0 fully saturated rings. The number of pyridine rings is 1. The third kappa shape index (κ3) is 3.45. The van der Waals surface area contributed by atoms with Crippen LogP contribution >= 0.6 is 34.8 Å². The summed E-state index contributed by atoms with van der Waals surface area (Å²) in [5.41, 5.74) is 4.64. The first-order valence-electron chi connectivity index (χ1n) is 8.60. The molecule has 0 N–H and O–H groups in total. The van der Waals surface area contributed by atoms with Crippen LogP contribution in [0.3, 0.4) is 0 Å². The number of rotatable bonds is 3. The van der Waals surface area contributed by atoms with E-state index in [1.54, 1.807) is 0 Å². The van der Waals surface area contributed by atoms with Crippen molar-refractivity contribution in [3.05, 3.63) is 90.1 Å². The van der Waals surface area contributed by atoms with Crippen molar-refractivity contribution in [2.75, 3.05) is 6.54 Å². The molecule has 1 atom stereocenters. The van der Waals surface area contributed by atoms with Gasteiger partial charge in [-0.05, 0) is 23.8 Å². The summed E-state index contributed by atoms with van der Waals surface area (Å²) in [5.74, 6) is 0. The summed E-state index contributed by atoms with van der Waals surface area (Å²) in [6, 6.07) is 19.6. The molecule has 1 aliphatic heterocycles. The Morgan fingerprint density at radius 1 is 1.04 bits per heavy atom. The molecule has 0 radical (unpaired) electrons. The Balaban J connectivity index is 2.01. The van der Waals surface area contributed by atoms with Crippen molar-refractivity contribution in [3.63, 3.8) is 0 Å². The molecule has 5 heteroatoms. The van der Waals surface area contributed by atoms with Gasteiger partial charge in [-0.1, -0.05) is 89.4 Å². The molecule has 0 saturated heterocycles. The average Bonchev–Trinajstić information content (AvgIpc) is 2.66. The van der Waals surface area contributed by atoms with Crippen LogP contribution in [-0.4, -0.2) is 20.2 Å². The largest absolute Gasteiger partial charge is 0.356 e. The van der Waals surface area contributed by atoms with Gasteiger partial charge in [-0.15, -0.1) is 6.58 Å². The molecular formula is C22H17Cl3N2. The van der Waals surface area contributed by atoms with Crippen molar-refractivity contribution in [2.24, 2.45) is 0 Å². The van der Waals surface area contributed by atoms with E-state index in [-0.39, 0.29) is 0 Å². The summed E-state index contributed by atoms with van der Waals surface area (Å²) in [4.78, 5) is 6.92. The maximum absolute atomic E-state index is 6.47. The van der Waals surface area contributed by atoms with Gasteiger partial charge in [-0.25, -0.2) is 4.98 Å². The third-order valence-electron chi connectivity index (χ3n) is 4.68. The lowest BCUT2D eigenvalue weighted by atomic mass is 9.94. The molecule has 0 saturated carbocycles. The van der Waals surface area contributed by atoms with Crippen molar-refractivity contribution in [1.29, 1.82) is 0 Å². The highest BCUT2D eigenvalue weighted by Crippen LogP contribution is 2.50. The molecule has 1 aliphatic rings. The van der Waals surface area contributed by atoms with Crippen LogP contribution in [0.4, 0.5) is 0 Å². The second-order valence-corrected chi connectivity index (χ2v) is 8.81. The zero-order valence-electron chi connectivity index (χ0n) is 14.4. The molecule has 3 aromatic rings. The first-order valence-corrected chi connectivity index (χ1v) is 9.73. The number of fused-ring (bicyclic) bond motifs is 2. The first-order chi connectivity index (χ1) is 13.0. The van der Waals surface area contributed by atoms with Gasteiger partial charge in [0, 0.05) is 23.2 Å². The number of para-hydroxylation sites is 1. The molecule has 1 unspecified atom stereocenters. The molecule has 0 bridgehead atoms. The van der Waals surface area contributed by atoms with Crippen LogP contribution in [0.25, 0.3) is 22.7 Å². The van der Waals surface area contributed by atoms with Gasteiger partial charge >= 0.3 is 0 Å². The Labute approximate surface area is 173 Å². The number of nitrogens with zero attached hydrogens (tertiary/aromatic N) is 2. The normalized spacial score (nSPS) is 16.8. The molecule has 27 heavy (non-hydrogen) atoms. The molecule has 2 heterocycles. The van der Waals surface area contributed by atoms with Crippen molar-refractivity contribution in [3.8, 4) is 0 Å². The lowest BCUT2D eigenvalue weighted by Crippen LogP contribution is -2.38. The highest BCUT2D eigenvalue weighted by atomic mass is 35.6. The zero-order valence-corrected chi connectivity index (χ0v) is 16.7. The molecular weight excluding hydrogens is 399 g/mol. The average molecular weight is 416 g/mol. The molecule has 136 valence electrons. The van der Waals surface area contributed by atoms with Gasteiger partial charge < -0.3 is 4.90 Å². The van der Waals surface area contributed by atoms with Crippen LogP contribution in [0, 0.1) is 0 Å². The van der Waals surface area contributed by atoms with E-state index in [1.807, 2.05) is 60.7 Å². The fraction of sp³-hybridized carbons (Fsp3) is 0.136. The van der Waals surface area contributed by atoms with E-state index in [0.717, 1.165) is 33.4 Å². The summed E-state index contributed by atoms with van der Waals surface area (Å²) in [6.07, 6.45) is 3.88. The second-order valence-electron chi connectivity index (χ2n) is 6.44. The van der Waals surface area contributed by atoms with E-state index in [1.165, 1.54) is 0 Å². The molecule has 0 spiro atoms. The lowest BCUT2D eigenvalue weighted by Gasteiger charge is -2.42. The maximum atomic E-state index is 6.47. The molecule has 2 aromatic carbocycles. The van der Waals surface area contributed by atoms with Crippen LogP contribution in [0.5, 0.6) is 0 Å². The SMILES string of the molecule is C=CCN1C(c2ccccc2)=Cc2nc3ccccc3cc2C1C(Cl)(Cl)Cl. The van der Waals surface area contributed by atoms with Gasteiger partial charge in [0.2, 0.25) is 3.79 Å². The van der Waals surface area contributed by atoms with E-state index in [4.69, 9.17) is 39.8 Å². The quantitative estimate of drug-likeness (QED) is 0.352. The van der Waals surface area contributed by atoms with E-state index in [2.05, 4.69) is 23.6 Å². The molecule has 0 aliphatic carbocycles. The Morgan fingerprint density at radius 2 is 1.74 bits per heavy atom. The van der Waals surface area contributed by atoms with E-state index < -0.39 is 9.83 Å². The van der Waals surface area contributed by atoms with Crippen LogP contribution in [0.15, 0.2) is 73.3 Å². The van der Waals surface area contributed by atoms with Crippen LogP contribution in [0.2, 0.25) is 0 Å². The number of halogens is 3. The van der Waals surface area contributed by atoms with E-state index in [0.29, 0.717) is 6.54 Å². The summed E-state index contributed by atoms with van der Waals surface area (Å²) in [7, 11) is 0. The molecule has 1 aromatic heterocycles. The highest BCUT2D eigenvalue weighted by Gasteiger charge is 2.43. The minimum atomic E-state index is -1.53.